The number of Topliss-reactive ketones (excluding diaryl/α,β-unsaturated/α-hetero) is 1. The molecular formula is C16H16FNO2. The van der Waals surface area contributed by atoms with Crippen molar-refractivity contribution in [3.63, 3.8) is 0 Å². The molecule has 2 aromatic rings. The molecular weight excluding hydrogens is 257 g/mol. The summed E-state index contributed by atoms with van der Waals surface area (Å²) in [6.07, 6.45) is 0.195. The summed E-state index contributed by atoms with van der Waals surface area (Å²) in [4.78, 5) is 11.8. The van der Waals surface area contributed by atoms with Crippen molar-refractivity contribution in [1.82, 2.24) is 0 Å². The monoisotopic (exact) mass is 273 g/mol. The zero-order chi connectivity index (χ0) is 14.4. The molecule has 2 aromatic carbocycles. The van der Waals surface area contributed by atoms with Gasteiger partial charge in [-0.2, -0.15) is 0 Å². The van der Waals surface area contributed by atoms with Gasteiger partial charge >= 0.3 is 0 Å². The number of hydrogen-bond donors (Lipinski definition) is 1. The van der Waals surface area contributed by atoms with Crippen LogP contribution >= 0.6 is 0 Å². The second kappa shape index (κ2) is 6.70. The Hall–Kier alpha value is -2.36. The Morgan fingerprint density at radius 3 is 2.60 bits per heavy atom. The molecule has 0 aliphatic heterocycles. The zero-order valence-corrected chi connectivity index (χ0v) is 11.2. The van der Waals surface area contributed by atoms with E-state index in [2.05, 4.69) is 5.32 Å². The van der Waals surface area contributed by atoms with Crippen LogP contribution in [0.1, 0.15) is 5.56 Å². The van der Waals surface area contributed by atoms with Gasteiger partial charge in [-0.3, -0.25) is 4.79 Å². The van der Waals surface area contributed by atoms with Gasteiger partial charge in [0.2, 0.25) is 0 Å². The summed E-state index contributed by atoms with van der Waals surface area (Å²) < 4.78 is 18.3. The van der Waals surface area contributed by atoms with Crippen LogP contribution in [0.5, 0.6) is 5.75 Å². The maximum Gasteiger partial charge on any atom is 0.165 e. The van der Waals surface area contributed by atoms with E-state index in [1.165, 1.54) is 19.2 Å². The Kier molecular flexibility index (Phi) is 4.71. The van der Waals surface area contributed by atoms with Crippen LogP contribution in [0.4, 0.5) is 10.1 Å². The third-order valence-electron chi connectivity index (χ3n) is 2.88. The Morgan fingerprint density at radius 2 is 1.95 bits per heavy atom. The minimum atomic E-state index is -0.450. The van der Waals surface area contributed by atoms with E-state index < -0.39 is 5.82 Å². The number of carbonyl (C=O) groups excluding carboxylic acids is 1. The molecule has 0 bridgehead atoms. The number of hydrogen-bond acceptors (Lipinski definition) is 3. The number of para-hydroxylation sites is 1. The van der Waals surface area contributed by atoms with Gasteiger partial charge in [0.25, 0.3) is 0 Å². The molecule has 0 aromatic heterocycles. The number of nitrogens with one attached hydrogen (secondary N) is 1. The molecule has 20 heavy (non-hydrogen) atoms. The summed E-state index contributed by atoms with van der Waals surface area (Å²) in [5.41, 5.74) is 1.53. The van der Waals surface area contributed by atoms with E-state index in [0.29, 0.717) is 5.56 Å². The van der Waals surface area contributed by atoms with Gasteiger partial charge < -0.3 is 10.1 Å². The fourth-order valence-electron chi connectivity index (χ4n) is 1.87. The fourth-order valence-corrected chi connectivity index (χ4v) is 1.87. The first-order chi connectivity index (χ1) is 9.69. The van der Waals surface area contributed by atoms with Gasteiger partial charge in [0.05, 0.1) is 13.7 Å². The maximum atomic E-state index is 13.5. The van der Waals surface area contributed by atoms with Crippen molar-refractivity contribution in [1.29, 1.82) is 0 Å². The summed E-state index contributed by atoms with van der Waals surface area (Å²) in [7, 11) is 1.41. The Labute approximate surface area is 117 Å². The van der Waals surface area contributed by atoms with Crippen LogP contribution in [0.2, 0.25) is 0 Å². The molecule has 0 unspecified atom stereocenters. The van der Waals surface area contributed by atoms with Gasteiger partial charge in [0.15, 0.2) is 17.3 Å². The van der Waals surface area contributed by atoms with Crippen LogP contribution < -0.4 is 10.1 Å². The zero-order valence-electron chi connectivity index (χ0n) is 11.2. The first-order valence-corrected chi connectivity index (χ1v) is 6.32. The van der Waals surface area contributed by atoms with Crippen LogP contribution in [0.3, 0.4) is 0 Å². The van der Waals surface area contributed by atoms with Gasteiger partial charge in [-0.25, -0.2) is 4.39 Å². The summed E-state index contributed by atoms with van der Waals surface area (Å²) in [6, 6.07) is 14.0. The average molecular weight is 273 g/mol. The van der Waals surface area contributed by atoms with Gasteiger partial charge in [0, 0.05) is 12.1 Å². The quantitative estimate of drug-likeness (QED) is 0.879. The molecule has 4 heteroatoms. The number of carbonyl (C=O) groups is 1. The second-order valence-electron chi connectivity index (χ2n) is 4.40. The number of benzene rings is 2. The summed E-state index contributed by atoms with van der Waals surface area (Å²) >= 11 is 0. The first-order valence-electron chi connectivity index (χ1n) is 6.32. The highest BCUT2D eigenvalue weighted by atomic mass is 19.1. The highest BCUT2D eigenvalue weighted by Crippen LogP contribution is 2.18. The lowest BCUT2D eigenvalue weighted by atomic mass is 10.1. The van der Waals surface area contributed by atoms with Gasteiger partial charge in [-0.1, -0.05) is 24.3 Å². The van der Waals surface area contributed by atoms with E-state index in [1.54, 1.807) is 6.07 Å². The molecule has 104 valence electrons. The first kappa shape index (κ1) is 14.1. The number of rotatable bonds is 6. The van der Waals surface area contributed by atoms with Crippen molar-refractivity contribution in [2.24, 2.45) is 0 Å². The highest BCUT2D eigenvalue weighted by molar-refractivity contribution is 5.85. The number of methoxy groups -OCH3 is 1. The summed E-state index contributed by atoms with van der Waals surface area (Å²) in [5.74, 6) is -0.268. The lowest BCUT2D eigenvalue weighted by Crippen LogP contribution is -2.16. The average Bonchev–Trinajstić information content (AvgIpc) is 2.46. The number of ether oxygens (including phenoxy) is 1. The van der Waals surface area contributed by atoms with Crippen molar-refractivity contribution in [3.8, 4) is 5.75 Å². The summed E-state index contributed by atoms with van der Waals surface area (Å²) in [6.45, 7) is 0.220. The molecule has 0 aliphatic rings. The number of anilines is 1. The van der Waals surface area contributed by atoms with Crippen LogP contribution in [0, 0.1) is 5.82 Å². The van der Waals surface area contributed by atoms with Crippen LogP contribution in [0.15, 0.2) is 48.5 Å². The molecule has 0 aliphatic carbocycles. The molecule has 0 saturated heterocycles. The molecule has 0 amide bonds. The molecule has 0 atom stereocenters. The number of halogens is 1. The standard InChI is InChI=1S/C16H16FNO2/c1-20-16-8-7-12(10-15(16)17)9-14(19)11-18-13-5-3-2-4-6-13/h2-8,10,18H,9,11H2,1H3. The van der Waals surface area contributed by atoms with Gasteiger partial charge in [0.1, 0.15) is 0 Å². The Bertz CT molecular complexity index is 584. The van der Waals surface area contributed by atoms with E-state index in [-0.39, 0.29) is 24.5 Å². The van der Waals surface area contributed by atoms with Crippen molar-refractivity contribution >= 4 is 11.5 Å². The van der Waals surface area contributed by atoms with E-state index in [1.807, 2.05) is 30.3 Å². The van der Waals surface area contributed by atoms with Gasteiger partial charge in [-0.05, 0) is 29.8 Å². The van der Waals surface area contributed by atoms with Crippen LogP contribution in [0.25, 0.3) is 0 Å². The van der Waals surface area contributed by atoms with E-state index in [9.17, 15) is 9.18 Å². The molecule has 0 heterocycles. The predicted octanol–water partition coefficient (Wildman–Crippen LogP) is 3.06. The van der Waals surface area contributed by atoms with E-state index >= 15 is 0 Å². The Balaban J connectivity index is 1.90. The second-order valence-corrected chi connectivity index (χ2v) is 4.40. The molecule has 0 fully saturated rings. The molecule has 2 rings (SSSR count). The predicted molar refractivity (Wildman–Crippen MR) is 76.6 cm³/mol. The van der Waals surface area contributed by atoms with Crippen molar-refractivity contribution in [2.75, 3.05) is 19.0 Å². The lowest BCUT2D eigenvalue weighted by Gasteiger charge is -2.07. The van der Waals surface area contributed by atoms with Crippen molar-refractivity contribution < 1.29 is 13.9 Å². The largest absolute Gasteiger partial charge is 0.494 e. The molecule has 1 N–H and O–H groups in total. The molecule has 0 spiro atoms. The van der Waals surface area contributed by atoms with E-state index in [0.717, 1.165) is 5.69 Å². The molecule has 0 radical (unpaired) electrons. The smallest absolute Gasteiger partial charge is 0.165 e. The normalized spacial score (nSPS) is 10.1. The van der Waals surface area contributed by atoms with Gasteiger partial charge in [-0.15, -0.1) is 0 Å². The molecule has 0 saturated carbocycles. The topological polar surface area (TPSA) is 38.3 Å². The highest BCUT2D eigenvalue weighted by Gasteiger charge is 2.07. The Morgan fingerprint density at radius 1 is 1.20 bits per heavy atom. The van der Waals surface area contributed by atoms with Crippen LogP contribution in [-0.4, -0.2) is 19.4 Å². The summed E-state index contributed by atoms with van der Waals surface area (Å²) in [5, 5.41) is 3.03. The van der Waals surface area contributed by atoms with Crippen molar-refractivity contribution in [3.05, 3.63) is 59.9 Å². The molecule has 3 nitrogen and oxygen atoms in total. The third kappa shape index (κ3) is 3.82. The van der Waals surface area contributed by atoms with Crippen LogP contribution in [-0.2, 0) is 11.2 Å². The minimum absolute atomic E-state index is 0.00146. The third-order valence-corrected chi connectivity index (χ3v) is 2.88. The lowest BCUT2D eigenvalue weighted by molar-refractivity contribution is -0.116. The van der Waals surface area contributed by atoms with Crippen molar-refractivity contribution in [2.45, 2.75) is 6.42 Å². The minimum Gasteiger partial charge on any atom is -0.494 e. The maximum absolute atomic E-state index is 13.5. The van der Waals surface area contributed by atoms with E-state index in [4.69, 9.17) is 4.74 Å². The SMILES string of the molecule is COc1ccc(CC(=O)CNc2ccccc2)cc1F. The fraction of sp³-hybridized carbons (Fsp3) is 0.188. The number of ketones is 1.